The molecule has 7 heavy (non-hydrogen) atoms. The quantitative estimate of drug-likeness (QED) is 0.531. The van der Waals surface area contributed by atoms with E-state index in [4.69, 9.17) is 0 Å². The Morgan fingerprint density at radius 2 is 1.86 bits per heavy atom. The lowest BCUT2D eigenvalue weighted by Gasteiger charge is -1.92. The third-order valence-electron chi connectivity index (χ3n) is 0.336. The van der Waals surface area contributed by atoms with E-state index < -0.39 is 3.37 Å². The molecule has 0 aromatic rings. The molecule has 0 fully saturated rings. The zero-order valence-electron chi connectivity index (χ0n) is 3.57. The van der Waals surface area contributed by atoms with Gasteiger partial charge in [0.15, 0.2) is 46.5 Å². The number of allylic oxidation sites excluding steroid dienone is 1. The highest BCUT2D eigenvalue weighted by atomic mass is 80.0. The molecule has 0 saturated heterocycles. The van der Waals surface area contributed by atoms with Gasteiger partial charge < -0.3 is 0 Å². The summed E-state index contributed by atoms with van der Waals surface area (Å²) in [7, 11) is 0. The Labute approximate surface area is 68.3 Å². The second kappa shape index (κ2) is 3.60. The normalized spacial score (nSPS) is 11.3. The van der Waals surface area contributed by atoms with Crippen molar-refractivity contribution in [2.45, 2.75) is 0 Å². The summed E-state index contributed by atoms with van der Waals surface area (Å²) in [6.07, 6.45) is 2.83. The largest absolute Gasteiger partial charge is 0.224 e. The molecule has 0 unspecified atom stereocenters. The molecule has 42 valence electrons. The van der Waals surface area contributed by atoms with Gasteiger partial charge in [-0.25, -0.2) is 0 Å². The number of hydrogen-bond acceptors (Lipinski definition) is 0. The fourth-order valence-electron chi connectivity index (χ4n) is 0.146. The molecule has 0 heterocycles. The van der Waals surface area contributed by atoms with Crippen LogP contribution in [0.25, 0.3) is 0 Å². The molecular formula is C3H5Br3P+. The molecule has 0 spiro atoms. The van der Waals surface area contributed by atoms with Crippen LogP contribution in [-0.4, -0.2) is 6.16 Å². The highest BCUT2D eigenvalue weighted by Gasteiger charge is 2.26. The van der Waals surface area contributed by atoms with Gasteiger partial charge in [-0.3, -0.25) is 0 Å². The van der Waals surface area contributed by atoms with Crippen molar-refractivity contribution in [1.82, 2.24) is 0 Å². The van der Waals surface area contributed by atoms with Crippen molar-refractivity contribution in [3.05, 3.63) is 12.7 Å². The van der Waals surface area contributed by atoms with Crippen LogP contribution in [0.4, 0.5) is 0 Å². The average Bonchev–Trinajstić information content (AvgIpc) is 1.30. The Morgan fingerprint density at radius 1 is 1.43 bits per heavy atom. The molecule has 0 aromatic heterocycles. The van der Waals surface area contributed by atoms with Crippen molar-refractivity contribution < 1.29 is 0 Å². The predicted molar refractivity (Wildman–Crippen MR) is 48.8 cm³/mol. The van der Waals surface area contributed by atoms with Gasteiger partial charge in [0.2, 0.25) is 3.37 Å². The number of rotatable bonds is 2. The van der Waals surface area contributed by atoms with Crippen LogP contribution in [-0.2, 0) is 0 Å². The van der Waals surface area contributed by atoms with Crippen molar-refractivity contribution in [3.8, 4) is 0 Å². The molecule has 0 radical (unpaired) electrons. The summed E-state index contributed by atoms with van der Waals surface area (Å²) in [6, 6.07) is 0. The van der Waals surface area contributed by atoms with E-state index in [1.165, 1.54) is 0 Å². The molecule has 0 bridgehead atoms. The summed E-state index contributed by atoms with van der Waals surface area (Å²) in [5.41, 5.74) is 0. The van der Waals surface area contributed by atoms with E-state index in [9.17, 15) is 0 Å². The Balaban J connectivity index is 3.34. The van der Waals surface area contributed by atoms with Gasteiger partial charge in [0.1, 0.15) is 6.16 Å². The van der Waals surface area contributed by atoms with Gasteiger partial charge in [-0.15, -0.1) is 0 Å². The molecule has 0 rings (SSSR count). The van der Waals surface area contributed by atoms with Crippen LogP contribution in [0.1, 0.15) is 0 Å². The van der Waals surface area contributed by atoms with E-state index >= 15 is 0 Å². The van der Waals surface area contributed by atoms with Crippen molar-refractivity contribution in [2.75, 3.05) is 6.16 Å². The molecule has 0 aliphatic rings. The zero-order chi connectivity index (χ0) is 5.91. The molecule has 4 heteroatoms. The van der Waals surface area contributed by atoms with Crippen LogP contribution in [0, 0.1) is 0 Å². The van der Waals surface area contributed by atoms with Crippen LogP contribution >= 0.6 is 49.8 Å². The molecule has 0 aromatic carbocycles. The SMILES string of the molecule is C=CC[P+](Br)(Br)Br. The molecule has 0 atom stereocenters. The van der Waals surface area contributed by atoms with E-state index in [0.717, 1.165) is 6.16 Å². The van der Waals surface area contributed by atoms with Crippen molar-refractivity contribution >= 4 is 49.8 Å². The summed E-state index contributed by atoms with van der Waals surface area (Å²) < 4.78 is -1.10. The van der Waals surface area contributed by atoms with Crippen molar-refractivity contribution in [3.63, 3.8) is 0 Å². The van der Waals surface area contributed by atoms with E-state index in [2.05, 4.69) is 53.0 Å². The smallest absolute Gasteiger partial charge is 0.0994 e. The van der Waals surface area contributed by atoms with Gasteiger partial charge in [-0.1, -0.05) is 12.7 Å². The molecule has 0 amide bonds. The second-order valence-electron chi connectivity index (χ2n) is 1.02. The first-order chi connectivity index (χ1) is 3.06. The monoisotopic (exact) mass is 309 g/mol. The highest BCUT2D eigenvalue weighted by molar-refractivity contribution is 9.96. The van der Waals surface area contributed by atoms with E-state index in [1.54, 1.807) is 0 Å². The first-order valence-corrected chi connectivity index (χ1v) is 9.67. The fraction of sp³-hybridized carbons (Fsp3) is 0.333. The van der Waals surface area contributed by atoms with Gasteiger partial charge >= 0.3 is 0 Å². The maximum Gasteiger partial charge on any atom is 0.224 e. The number of halogens is 3. The first-order valence-electron chi connectivity index (χ1n) is 1.64. The van der Waals surface area contributed by atoms with Gasteiger partial charge in [-0.2, -0.15) is 0 Å². The summed E-state index contributed by atoms with van der Waals surface area (Å²) in [6.45, 7) is 3.58. The Morgan fingerprint density at radius 3 is 1.86 bits per heavy atom. The molecule has 0 nitrogen and oxygen atoms in total. The Bertz CT molecular complexity index is 65.1. The molecule has 0 N–H and O–H groups in total. The minimum absolute atomic E-state index is 0.965. The van der Waals surface area contributed by atoms with Crippen LogP contribution < -0.4 is 0 Å². The minimum atomic E-state index is -1.10. The zero-order valence-corrected chi connectivity index (χ0v) is 9.23. The van der Waals surface area contributed by atoms with E-state index in [-0.39, 0.29) is 0 Å². The van der Waals surface area contributed by atoms with E-state index in [1.807, 2.05) is 6.08 Å². The highest BCUT2D eigenvalue weighted by Crippen LogP contribution is 2.79. The fourth-order valence-corrected chi connectivity index (χ4v) is 2.28. The maximum absolute atomic E-state index is 3.58. The summed E-state index contributed by atoms with van der Waals surface area (Å²) in [5, 5.41) is 0. The van der Waals surface area contributed by atoms with Crippen molar-refractivity contribution in [2.24, 2.45) is 0 Å². The lowest BCUT2D eigenvalue weighted by Crippen LogP contribution is -1.64. The standard InChI is InChI=1S/C3H5Br3P/c1-2-3-7(4,5)6/h2H,1,3H2/q+1. The molecular weight excluding hydrogens is 307 g/mol. The lowest BCUT2D eigenvalue weighted by molar-refractivity contribution is 1.82. The topological polar surface area (TPSA) is 0 Å². The Hall–Kier alpha value is 1.61. The minimum Gasteiger partial charge on any atom is -0.0994 e. The third kappa shape index (κ3) is 7.61. The Kier molecular flexibility index (Phi) is 4.43. The second-order valence-corrected chi connectivity index (χ2v) is 22.0. The first kappa shape index (κ1) is 8.61. The van der Waals surface area contributed by atoms with Crippen LogP contribution in [0.3, 0.4) is 0 Å². The maximum atomic E-state index is 3.58. The molecule has 0 aliphatic heterocycles. The van der Waals surface area contributed by atoms with Crippen LogP contribution in [0.2, 0.25) is 0 Å². The van der Waals surface area contributed by atoms with Gasteiger partial charge in [0.05, 0.1) is 0 Å². The molecule has 0 saturated carbocycles. The van der Waals surface area contributed by atoms with E-state index in [0.29, 0.717) is 0 Å². The van der Waals surface area contributed by atoms with Gasteiger partial charge in [-0.05, 0) is 0 Å². The summed E-state index contributed by atoms with van der Waals surface area (Å²) >= 11 is 10.2. The summed E-state index contributed by atoms with van der Waals surface area (Å²) in [4.78, 5) is 0. The third-order valence-corrected chi connectivity index (χ3v) is 3.61. The predicted octanol–water partition coefficient (Wildman–Crippen LogP) is 4.12. The number of hydrogen-bond donors (Lipinski definition) is 0. The van der Waals surface area contributed by atoms with Crippen LogP contribution in [0.5, 0.6) is 0 Å². The molecule has 0 aliphatic carbocycles. The van der Waals surface area contributed by atoms with Crippen LogP contribution in [0.15, 0.2) is 12.7 Å². The summed E-state index contributed by atoms with van der Waals surface area (Å²) in [5.74, 6) is 0. The van der Waals surface area contributed by atoms with Gasteiger partial charge in [0.25, 0.3) is 0 Å². The lowest BCUT2D eigenvalue weighted by atomic mass is 10.8. The van der Waals surface area contributed by atoms with Crippen molar-refractivity contribution in [1.29, 1.82) is 0 Å². The average molecular weight is 312 g/mol. The van der Waals surface area contributed by atoms with Gasteiger partial charge in [0, 0.05) is 0 Å².